The van der Waals surface area contributed by atoms with Gasteiger partial charge in [-0.05, 0) is 25.2 Å². The van der Waals surface area contributed by atoms with Gasteiger partial charge in [0.25, 0.3) is 5.91 Å². The van der Waals surface area contributed by atoms with Gasteiger partial charge in [-0.25, -0.2) is 0 Å². The van der Waals surface area contributed by atoms with E-state index in [1.54, 1.807) is 0 Å². The number of nitrogens with one attached hydrogen (secondary N) is 2. The summed E-state index contributed by atoms with van der Waals surface area (Å²) in [4.78, 5) is 15.8. The zero-order valence-corrected chi connectivity index (χ0v) is 10.8. The average Bonchev–Trinajstić information content (AvgIpc) is 2.83. The largest absolute Gasteiger partial charge is 0.366 e. The molecule has 1 aliphatic carbocycles. The third-order valence-corrected chi connectivity index (χ3v) is 3.69. The van der Waals surface area contributed by atoms with Gasteiger partial charge in [-0.2, -0.15) is 4.98 Å². The molecule has 1 aromatic rings. The van der Waals surface area contributed by atoms with E-state index in [9.17, 15) is 4.79 Å². The molecule has 1 heterocycles. The first-order valence-corrected chi connectivity index (χ1v) is 6.69. The van der Waals surface area contributed by atoms with E-state index in [1.807, 2.05) is 0 Å². The van der Waals surface area contributed by atoms with Crippen LogP contribution in [0, 0.1) is 5.92 Å². The molecule has 2 rings (SSSR count). The number of carbonyl (C=O) groups excluding carboxylic acids is 1. The fourth-order valence-electron chi connectivity index (χ4n) is 2.70. The zero-order chi connectivity index (χ0) is 13.0. The summed E-state index contributed by atoms with van der Waals surface area (Å²) in [5.74, 6) is 0.678. The number of nitrogens with two attached hydrogens (primary N) is 1. The fraction of sp³-hybridized carbons (Fsp3) is 0.750. The molecule has 1 amide bonds. The van der Waals surface area contributed by atoms with E-state index in [2.05, 4.69) is 27.4 Å². The first-order chi connectivity index (χ1) is 8.70. The minimum Gasteiger partial charge on any atom is -0.366 e. The average molecular weight is 251 g/mol. The number of aromatic nitrogens is 3. The lowest BCUT2D eigenvalue weighted by Gasteiger charge is -2.29. The summed E-state index contributed by atoms with van der Waals surface area (Å²) in [5, 5.41) is 9.24. The molecule has 18 heavy (non-hydrogen) atoms. The number of rotatable bonds is 4. The van der Waals surface area contributed by atoms with Crippen molar-refractivity contribution in [3.05, 3.63) is 5.82 Å². The topological polar surface area (TPSA) is 96.7 Å². The summed E-state index contributed by atoms with van der Waals surface area (Å²) < 4.78 is 0. The number of hydrogen-bond acceptors (Lipinski definition) is 4. The van der Waals surface area contributed by atoms with Gasteiger partial charge in [0.15, 0.2) is 0 Å². The predicted molar refractivity (Wildman–Crippen MR) is 68.9 cm³/mol. The molecule has 1 fully saturated rings. The number of nitrogen functional groups attached to an aromatic ring is 1. The molecule has 0 saturated heterocycles. The van der Waals surface area contributed by atoms with Crippen molar-refractivity contribution in [3.8, 4) is 0 Å². The van der Waals surface area contributed by atoms with Crippen molar-refractivity contribution in [2.75, 3.05) is 5.73 Å². The minimum atomic E-state index is -0.211. The van der Waals surface area contributed by atoms with Crippen molar-refractivity contribution in [2.24, 2.45) is 5.92 Å². The molecule has 1 unspecified atom stereocenters. The van der Waals surface area contributed by atoms with Crippen molar-refractivity contribution in [2.45, 2.75) is 51.5 Å². The van der Waals surface area contributed by atoms with Gasteiger partial charge in [0.05, 0.1) is 0 Å². The number of hydrogen-bond donors (Lipinski definition) is 3. The van der Waals surface area contributed by atoms with Crippen LogP contribution in [0.4, 0.5) is 5.95 Å². The quantitative estimate of drug-likeness (QED) is 0.755. The van der Waals surface area contributed by atoms with Crippen LogP contribution in [0.1, 0.15) is 56.1 Å². The molecular formula is C12H21N5O. The van der Waals surface area contributed by atoms with Crippen LogP contribution in [-0.2, 0) is 0 Å². The van der Waals surface area contributed by atoms with Crippen molar-refractivity contribution in [3.63, 3.8) is 0 Å². The maximum atomic E-state index is 12.0. The molecule has 1 atom stereocenters. The second-order valence-electron chi connectivity index (χ2n) is 4.93. The summed E-state index contributed by atoms with van der Waals surface area (Å²) in [6.45, 7) is 2.11. The Kier molecular flexibility index (Phi) is 4.17. The van der Waals surface area contributed by atoms with Crippen LogP contribution in [0.3, 0.4) is 0 Å². The number of carbonyl (C=O) groups is 1. The van der Waals surface area contributed by atoms with Gasteiger partial charge >= 0.3 is 0 Å². The normalized spacial score (nSPS) is 18.5. The first kappa shape index (κ1) is 12.9. The van der Waals surface area contributed by atoms with E-state index >= 15 is 0 Å². The van der Waals surface area contributed by atoms with Crippen LogP contribution in [0.2, 0.25) is 0 Å². The lowest BCUT2D eigenvalue weighted by molar-refractivity contribution is 0.0901. The molecule has 1 saturated carbocycles. The second-order valence-corrected chi connectivity index (χ2v) is 4.93. The molecule has 0 radical (unpaired) electrons. The summed E-state index contributed by atoms with van der Waals surface area (Å²) >= 11 is 0. The Hall–Kier alpha value is -1.59. The highest BCUT2D eigenvalue weighted by Crippen LogP contribution is 2.27. The molecule has 1 aromatic heterocycles. The number of aromatic amines is 1. The van der Waals surface area contributed by atoms with Gasteiger partial charge < -0.3 is 11.1 Å². The summed E-state index contributed by atoms with van der Waals surface area (Å²) in [5.41, 5.74) is 5.39. The van der Waals surface area contributed by atoms with Crippen LogP contribution >= 0.6 is 0 Å². The van der Waals surface area contributed by atoms with Crippen LogP contribution < -0.4 is 11.1 Å². The molecular weight excluding hydrogens is 230 g/mol. The van der Waals surface area contributed by atoms with Crippen molar-refractivity contribution in [1.29, 1.82) is 0 Å². The van der Waals surface area contributed by atoms with Gasteiger partial charge in [0.2, 0.25) is 11.8 Å². The van der Waals surface area contributed by atoms with Gasteiger partial charge in [0.1, 0.15) is 0 Å². The van der Waals surface area contributed by atoms with Crippen LogP contribution in [0.5, 0.6) is 0 Å². The van der Waals surface area contributed by atoms with Crippen molar-refractivity contribution >= 4 is 11.9 Å². The van der Waals surface area contributed by atoms with E-state index in [1.165, 1.54) is 32.1 Å². The van der Waals surface area contributed by atoms with Gasteiger partial charge in [-0.15, -0.1) is 5.10 Å². The lowest BCUT2D eigenvalue weighted by Crippen LogP contribution is -2.41. The highest BCUT2D eigenvalue weighted by Gasteiger charge is 2.24. The van der Waals surface area contributed by atoms with E-state index in [0.717, 1.165) is 6.42 Å². The zero-order valence-electron chi connectivity index (χ0n) is 10.8. The van der Waals surface area contributed by atoms with Gasteiger partial charge in [-0.1, -0.05) is 26.2 Å². The molecule has 0 bridgehead atoms. The smallest absolute Gasteiger partial charge is 0.288 e. The first-order valence-electron chi connectivity index (χ1n) is 6.69. The maximum absolute atomic E-state index is 12.0. The third-order valence-electron chi connectivity index (χ3n) is 3.69. The molecule has 6 nitrogen and oxygen atoms in total. The van der Waals surface area contributed by atoms with E-state index < -0.39 is 0 Å². The Labute approximate surface area is 107 Å². The summed E-state index contributed by atoms with van der Waals surface area (Å²) in [6.07, 6.45) is 7.22. The SMILES string of the molecule is CCC(NC(=O)c1nc(N)n[nH]1)C1CCCCC1. The molecule has 4 N–H and O–H groups in total. The van der Waals surface area contributed by atoms with Crippen molar-refractivity contribution in [1.82, 2.24) is 20.5 Å². The molecule has 1 aliphatic rings. The standard InChI is InChI=1S/C12H21N5O/c1-2-9(8-6-4-3-5-7-8)14-11(18)10-15-12(13)17-16-10/h8-9H,2-7H2,1H3,(H,14,18)(H3,13,15,16,17). The molecule has 0 aromatic carbocycles. The summed E-state index contributed by atoms with van der Waals surface area (Å²) in [6, 6.07) is 0.226. The molecule has 100 valence electrons. The van der Waals surface area contributed by atoms with E-state index in [0.29, 0.717) is 5.92 Å². The fourth-order valence-corrected chi connectivity index (χ4v) is 2.70. The van der Waals surface area contributed by atoms with Gasteiger partial charge in [0, 0.05) is 6.04 Å². The second kappa shape index (κ2) is 5.84. The molecule has 0 spiro atoms. The minimum absolute atomic E-state index is 0.103. The number of nitrogens with zero attached hydrogens (tertiary/aromatic N) is 2. The Morgan fingerprint density at radius 2 is 2.22 bits per heavy atom. The van der Waals surface area contributed by atoms with E-state index in [4.69, 9.17) is 5.73 Å². The predicted octanol–water partition coefficient (Wildman–Crippen LogP) is 1.48. The Balaban J connectivity index is 1.95. The van der Waals surface area contributed by atoms with Crippen LogP contribution in [0.15, 0.2) is 0 Å². The number of anilines is 1. The Morgan fingerprint density at radius 3 is 2.78 bits per heavy atom. The Bertz CT molecular complexity index is 397. The third kappa shape index (κ3) is 3.00. The highest BCUT2D eigenvalue weighted by molar-refractivity contribution is 5.90. The molecule has 6 heteroatoms. The molecule has 0 aliphatic heterocycles. The van der Waals surface area contributed by atoms with Crippen molar-refractivity contribution < 1.29 is 4.79 Å². The highest BCUT2D eigenvalue weighted by atomic mass is 16.2. The maximum Gasteiger partial charge on any atom is 0.288 e. The monoisotopic (exact) mass is 251 g/mol. The van der Waals surface area contributed by atoms with Gasteiger partial charge in [-0.3, -0.25) is 9.89 Å². The van der Waals surface area contributed by atoms with Crippen LogP contribution in [0.25, 0.3) is 0 Å². The number of H-pyrrole nitrogens is 1. The Morgan fingerprint density at radius 1 is 1.50 bits per heavy atom. The van der Waals surface area contributed by atoms with Crippen LogP contribution in [-0.4, -0.2) is 27.1 Å². The lowest BCUT2D eigenvalue weighted by atomic mass is 9.83. The van der Waals surface area contributed by atoms with E-state index in [-0.39, 0.29) is 23.7 Å². The number of amides is 1. The summed E-state index contributed by atoms with van der Waals surface area (Å²) in [7, 11) is 0.